The van der Waals surface area contributed by atoms with Crippen molar-refractivity contribution in [2.45, 2.75) is 60.7 Å². The SMILES string of the molecule is CCCCOC(=O)c1c(COc2cc(C(=O)OCC)cc(C(=O)OCC)c2)cccc1COc1cc(C(=O)OCC)cc(C(=O)OCC)c1. The molecule has 0 unspecified atom stereocenters. The van der Waals surface area contributed by atoms with Gasteiger partial charge in [-0.1, -0.05) is 31.5 Å². The third kappa shape index (κ3) is 11.1. The van der Waals surface area contributed by atoms with Gasteiger partial charge in [0.15, 0.2) is 0 Å². The van der Waals surface area contributed by atoms with Crippen LogP contribution in [0, 0.1) is 0 Å². The Morgan fingerprint density at radius 1 is 0.490 bits per heavy atom. The minimum absolute atomic E-state index is 0.0935. The Bertz CT molecular complexity index is 1450. The Balaban J connectivity index is 1.98. The lowest BCUT2D eigenvalue weighted by Gasteiger charge is -2.17. The third-order valence-corrected chi connectivity index (χ3v) is 6.82. The van der Waals surface area contributed by atoms with Crippen LogP contribution in [-0.4, -0.2) is 62.9 Å². The lowest BCUT2D eigenvalue weighted by molar-refractivity contribution is 0.0488. The summed E-state index contributed by atoms with van der Waals surface area (Å²) < 4.78 is 38.1. The van der Waals surface area contributed by atoms with Crippen LogP contribution in [0.4, 0.5) is 0 Å². The van der Waals surface area contributed by atoms with E-state index in [0.717, 1.165) is 6.42 Å². The topological polar surface area (TPSA) is 150 Å². The van der Waals surface area contributed by atoms with Gasteiger partial charge in [0.25, 0.3) is 0 Å². The summed E-state index contributed by atoms with van der Waals surface area (Å²) in [5, 5.41) is 0. The van der Waals surface area contributed by atoms with Crippen molar-refractivity contribution in [1.82, 2.24) is 0 Å². The largest absolute Gasteiger partial charge is 0.489 e. The molecule has 0 heterocycles. The minimum Gasteiger partial charge on any atom is -0.489 e. The van der Waals surface area contributed by atoms with Gasteiger partial charge in [0.1, 0.15) is 24.7 Å². The van der Waals surface area contributed by atoms with Crippen LogP contribution in [0.25, 0.3) is 0 Å². The Morgan fingerprint density at radius 2 is 0.857 bits per heavy atom. The third-order valence-electron chi connectivity index (χ3n) is 6.82. The van der Waals surface area contributed by atoms with E-state index in [-0.39, 0.29) is 85.6 Å². The van der Waals surface area contributed by atoms with Gasteiger partial charge in [-0.3, -0.25) is 0 Å². The first-order valence-corrected chi connectivity index (χ1v) is 16.2. The molecule has 0 aliphatic rings. The number of benzene rings is 3. The second-order valence-electron chi connectivity index (χ2n) is 10.4. The Kier molecular flexibility index (Phi) is 15.1. The molecule has 3 aromatic rings. The van der Waals surface area contributed by atoms with Crippen LogP contribution >= 0.6 is 0 Å². The van der Waals surface area contributed by atoms with Crippen LogP contribution in [0.15, 0.2) is 54.6 Å². The number of esters is 5. The van der Waals surface area contributed by atoms with Gasteiger partial charge in [0, 0.05) is 11.1 Å². The van der Waals surface area contributed by atoms with E-state index in [0.29, 0.717) is 17.5 Å². The number of rotatable bonds is 18. The van der Waals surface area contributed by atoms with E-state index >= 15 is 0 Å². The van der Waals surface area contributed by atoms with Gasteiger partial charge < -0.3 is 33.2 Å². The normalized spacial score (nSPS) is 10.5. The number of hydrogen-bond donors (Lipinski definition) is 0. The van der Waals surface area contributed by atoms with Crippen molar-refractivity contribution in [2.75, 3.05) is 33.0 Å². The van der Waals surface area contributed by atoms with Gasteiger partial charge in [-0.2, -0.15) is 0 Å². The quantitative estimate of drug-likeness (QED) is 0.0820. The summed E-state index contributed by atoms with van der Waals surface area (Å²) in [4.78, 5) is 63.6. The standard InChI is InChI=1S/C37H42O12/c1-6-11-15-47-37(42)32-24(22-48-30-18-26(33(38)43-7-2)16-27(19-30)34(39)44-8-3)13-12-14-25(32)23-49-31-20-28(35(40)45-9-4)17-29(21-31)36(41)46-10-5/h12-14,16-21H,6-11,15,22-23H2,1-5H3. The van der Waals surface area contributed by atoms with Crippen LogP contribution < -0.4 is 9.47 Å². The summed E-state index contributed by atoms with van der Waals surface area (Å²) >= 11 is 0. The highest BCUT2D eigenvalue weighted by molar-refractivity contribution is 5.97. The van der Waals surface area contributed by atoms with Crippen molar-refractivity contribution in [3.05, 3.63) is 93.5 Å². The summed E-state index contributed by atoms with van der Waals surface area (Å²) in [6.45, 7) is 9.07. The monoisotopic (exact) mass is 678 g/mol. The molecule has 0 radical (unpaired) electrons. The fourth-order valence-electron chi connectivity index (χ4n) is 4.55. The smallest absolute Gasteiger partial charge is 0.338 e. The summed E-state index contributed by atoms with van der Waals surface area (Å²) in [5.41, 5.74) is 1.44. The van der Waals surface area contributed by atoms with Crippen molar-refractivity contribution < 1.29 is 57.1 Å². The van der Waals surface area contributed by atoms with E-state index in [4.69, 9.17) is 33.2 Å². The van der Waals surface area contributed by atoms with Crippen molar-refractivity contribution in [3.8, 4) is 11.5 Å². The molecule has 0 aliphatic heterocycles. The van der Waals surface area contributed by atoms with Crippen molar-refractivity contribution in [3.63, 3.8) is 0 Å². The van der Waals surface area contributed by atoms with Crippen LogP contribution in [0.5, 0.6) is 11.5 Å². The molecule has 3 rings (SSSR count). The highest BCUT2D eigenvalue weighted by atomic mass is 16.5. The second-order valence-corrected chi connectivity index (χ2v) is 10.4. The maximum Gasteiger partial charge on any atom is 0.338 e. The Morgan fingerprint density at radius 3 is 1.18 bits per heavy atom. The van der Waals surface area contributed by atoms with Gasteiger partial charge in [0.05, 0.1) is 60.9 Å². The molecule has 262 valence electrons. The van der Waals surface area contributed by atoms with E-state index in [1.165, 1.54) is 36.4 Å². The Hall–Kier alpha value is -5.39. The predicted octanol–water partition coefficient (Wildman–Crippen LogP) is 6.51. The fraction of sp³-hybridized carbons (Fsp3) is 0.378. The van der Waals surface area contributed by atoms with E-state index in [2.05, 4.69) is 0 Å². The van der Waals surface area contributed by atoms with Gasteiger partial charge in [-0.15, -0.1) is 0 Å². The molecule has 0 amide bonds. The van der Waals surface area contributed by atoms with Crippen LogP contribution in [0.1, 0.15) is 110 Å². The lowest BCUT2D eigenvalue weighted by Crippen LogP contribution is -2.16. The first kappa shape index (κ1) is 38.1. The first-order valence-electron chi connectivity index (χ1n) is 16.2. The highest BCUT2D eigenvalue weighted by Crippen LogP contribution is 2.26. The highest BCUT2D eigenvalue weighted by Gasteiger charge is 2.21. The van der Waals surface area contributed by atoms with E-state index in [9.17, 15) is 24.0 Å². The van der Waals surface area contributed by atoms with Crippen molar-refractivity contribution >= 4 is 29.8 Å². The molecule has 0 N–H and O–H groups in total. The van der Waals surface area contributed by atoms with E-state index in [1.807, 2.05) is 6.92 Å². The van der Waals surface area contributed by atoms with Gasteiger partial charge >= 0.3 is 29.8 Å². The molecule has 12 heteroatoms. The molecular weight excluding hydrogens is 636 g/mol. The number of hydrogen-bond acceptors (Lipinski definition) is 12. The summed E-state index contributed by atoms with van der Waals surface area (Å²) in [6, 6.07) is 13.5. The van der Waals surface area contributed by atoms with Gasteiger partial charge in [0.2, 0.25) is 0 Å². The molecule has 0 saturated carbocycles. The zero-order valence-corrected chi connectivity index (χ0v) is 28.5. The maximum atomic E-state index is 13.5. The molecular formula is C37H42O12. The van der Waals surface area contributed by atoms with Crippen LogP contribution in [-0.2, 0) is 36.9 Å². The number of unbranched alkanes of at least 4 members (excludes halogenated alkanes) is 1. The summed E-state index contributed by atoms with van der Waals surface area (Å²) in [5.74, 6) is -2.84. The van der Waals surface area contributed by atoms with E-state index in [1.54, 1.807) is 45.9 Å². The van der Waals surface area contributed by atoms with Crippen molar-refractivity contribution in [1.29, 1.82) is 0 Å². The molecule has 12 nitrogen and oxygen atoms in total. The molecule has 0 spiro atoms. The average Bonchev–Trinajstić information content (AvgIpc) is 3.10. The Labute approximate surface area is 285 Å². The lowest BCUT2D eigenvalue weighted by atomic mass is 10.0. The maximum absolute atomic E-state index is 13.5. The van der Waals surface area contributed by atoms with E-state index < -0.39 is 29.8 Å². The zero-order valence-electron chi connectivity index (χ0n) is 28.5. The molecule has 0 fully saturated rings. The van der Waals surface area contributed by atoms with Gasteiger partial charge in [-0.05, 0) is 70.5 Å². The fourth-order valence-corrected chi connectivity index (χ4v) is 4.55. The molecule has 49 heavy (non-hydrogen) atoms. The van der Waals surface area contributed by atoms with Crippen LogP contribution in [0.3, 0.4) is 0 Å². The molecule has 0 atom stereocenters. The van der Waals surface area contributed by atoms with Crippen molar-refractivity contribution in [2.24, 2.45) is 0 Å². The predicted molar refractivity (Wildman–Crippen MR) is 177 cm³/mol. The second kappa shape index (κ2) is 19.4. The summed E-state index contributed by atoms with van der Waals surface area (Å²) in [7, 11) is 0. The molecule has 0 bridgehead atoms. The summed E-state index contributed by atoms with van der Waals surface area (Å²) in [6.07, 6.45) is 1.47. The number of ether oxygens (including phenoxy) is 7. The molecule has 3 aromatic carbocycles. The molecule has 0 aromatic heterocycles. The average molecular weight is 679 g/mol. The zero-order chi connectivity index (χ0) is 35.8. The molecule has 0 saturated heterocycles. The minimum atomic E-state index is -0.643. The first-order chi connectivity index (χ1) is 23.6. The number of carbonyl (C=O) groups is 5. The van der Waals surface area contributed by atoms with Crippen LogP contribution in [0.2, 0.25) is 0 Å². The molecule has 0 aliphatic carbocycles. The van der Waals surface area contributed by atoms with Gasteiger partial charge in [-0.25, -0.2) is 24.0 Å². The number of carbonyl (C=O) groups excluding carboxylic acids is 5.